The maximum absolute atomic E-state index is 10.1. The van der Waals surface area contributed by atoms with E-state index >= 15 is 0 Å². The fourth-order valence-corrected chi connectivity index (χ4v) is 2.85. The molecule has 0 amide bonds. The zero-order chi connectivity index (χ0) is 20.3. The molecule has 0 unspecified atom stereocenters. The van der Waals surface area contributed by atoms with E-state index in [0.29, 0.717) is 5.56 Å². The van der Waals surface area contributed by atoms with Crippen molar-refractivity contribution in [1.29, 1.82) is 0 Å². The Morgan fingerprint density at radius 1 is 0.821 bits per heavy atom. The van der Waals surface area contributed by atoms with Gasteiger partial charge >= 0.3 is 0 Å². The molecule has 150 valence electrons. The van der Waals surface area contributed by atoms with Gasteiger partial charge in [-0.05, 0) is 35.4 Å². The third kappa shape index (κ3) is 4.61. The van der Waals surface area contributed by atoms with Gasteiger partial charge in [0.05, 0.1) is 6.61 Å². The summed E-state index contributed by atoms with van der Waals surface area (Å²) in [7, 11) is 0. The van der Waals surface area contributed by atoms with Crippen molar-refractivity contribution in [2.45, 2.75) is 30.7 Å². The molecule has 8 nitrogen and oxygen atoms in total. The van der Waals surface area contributed by atoms with Crippen molar-refractivity contribution < 1.29 is 40.1 Å². The Morgan fingerprint density at radius 2 is 1.50 bits per heavy atom. The minimum atomic E-state index is -1.55. The number of aromatic hydroxyl groups is 2. The number of phenols is 2. The summed E-state index contributed by atoms with van der Waals surface area (Å²) in [4.78, 5) is 0. The van der Waals surface area contributed by atoms with Gasteiger partial charge in [0, 0.05) is 6.07 Å². The van der Waals surface area contributed by atoms with Crippen molar-refractivity contribution in [2.75, 3.05) is 6.61 Å². The maximum Gasteiger partial charge on any atom is 0.229 e. The fraction of sp³-hybridized carbons (Fsp3) is 0.300. The van der Waals surface area contributed by atoms with Crippen LogP contribution >= 0.6 is 0 Å². The van der Waals surface area contributed by atoms with Gasteiger partial charge in [-0.2, -0.15) is 0 Å². The van der Waals surface area contributed by atoms with E-state index in [1.54, 1.807) is 42.5 Å². The fourth-order valence-electron chi connectivity index (χ4n) is 2.85. The van der Waals surface area contributed by atoms with E-state index in [4.69, 9.17) is 9.47 Å². The van der Waals surface area contributed by atoms with E-state index in [1.165, 1.54) is 12.1 Å². The average molecular weight is 390 g/mol. The Morgan fingerprint density at radius 3 is 2.18 bits per heavy atom. The zero-order valence-corrected chi connectivity index (χ0v) is 14.8. The monoisotopic (exact) mass is 390 g/mol. The van der Waals surface area contributed by atoms with Crippen LogP contribution in [-0.4, -0.2) is 68.0 Å². The van der Waals surface area contributed by atoms with E-state index in [9.17, 15) is 30.6 Å². The highest BCUT2D eigenvalue weighted by molar-refractivity contribution is 5.71. The first-order valence-corrected chi connectivity index (χ1v) is 8.65. The summed E-state index contributed by atoms with van der Waals surface area (Å²) in [6.07, 6.45) is -3.52. The number of benzene rings is 2. The second-order valence-electron chi connectivity index (χ2n) is 6.50. The minimum absolute atomic E-state index is 0.0903. The predicted octanol–water partition coefficient (Wildman–Crippen LogP) is 0.447. The molecule has 2 aromatic carbocycles. The number of aliphatic hydroxyl groups is 4. The SMILES string of the molecule is OC[C@@H]1O[C@@H](Oc2cc(O)cc(C=Cc3ccc(O)cc3)c2)[C@H](O)[C@H](O)[C@@H]1O. The molecule has 8 heteroatoms. The molecule has 2 aromatic rings. The Hall–Kier alpha value is -2.62. The van der Waals surface area contributed by atoms with Crippen LogP contribution in [0.15, 0.2) is 42.5 Å². The Bertz CT molecular complexity index is 817. The van der Waals surface area contributed by atoms with Crippen LogP contribution in [0, 0.1) is 0 Å². The van der Waals surface area contributed by atoms with Crippen LogP contribution in [0.25, 0.3) is 12.2 Å². The molecule has 0 aromatic heterocycles. The molecule has 28 heavy (non-hydrogen) atoms. The van der Waals surface area contributed by atoms with Gasteiger partial charge in [-0.15, -0.1) is 0 Å². The number of aliphatic hydroxyl groups excluding tert-OH is 4. The van der Waals surface area contributed by atoms with Gasteiger partial charge in [0.15, 0.2) is 0 Å². The molecule has 1 fully saturated rings. The van der Waals surface area contributed by atoms with Crippen LogP contribution in [0.4, 0.5) is 0 Å². The zero-order valence-electron chi connectivity index (χ0n) is 14.8. The van der Waals surface area contributed by atoms with E-state index < -0.39 is 37.3 Å². The summed E-state index contributed by atoms with van der Waals surface area (Å²) in [6.45, 7) is -0.564. The van der Waals surface area contributed by atoms with Crippen molar-refractivity contribution in [1.82, 2.24) is 0 Å². The van der Waals surface area contributed by atoms with Gasteiger partial charge in [0.1, 0.15) is 41.7 Å². The Balaban J connectivity index is 1.76. The van der Waals surface area contributed by atoms with E-state index in [1.807, 2.05) is 0 Å². The van der Waals surface area contributed by atoms with E-state index in [0.717, 1.165) is 5.56 Å². The van der Waals surface area contributed by atoms with Crippen molar-refractivity contribution in [3.63, 3.8) is 0 Å². The van der Waals surface area contributed by atoms with Gasteiger partial charge in [-0.25, -0.2) is 0 Å². The van der Waals surface area contributed by atoms with Crippen LogP contribution in [0.1, 0.15) is 11.1 Å². The van der Waals surface area contributed by atoms with Crippen molar-refractivity contribution in [2.24, 2.45) is 0 Å². The molecule has 0 radical (unpaired) electrons. The number of hydrogen-bond acceptors (Lipinski definition) is 8. The van der Waals surface area contributed by atoms with Gasteiger partial charge < -0.3 is 40.1 Å². The second-order valence-corrected chi connectivity index (χ2v) is 6.50. The lowest BCUT2D eigenvalue weighted by molar-refractivity contribution is -0.277. The maximum atomic E-state index is 10.1. The number of ether oxygens (including phenoxy) is 2. The lowest BCUT2D eigenvalue weighted by Gasteiger charge is -2.39. The van der Waals surface area contributed by atoms with Crippen LogP contribution in [0.3, 0.4) is 0 Å². The van der Waals surface area contributed by atoms with Crippen molar-refractivity contribution >= 4 is 12.2 Å². The third-order valence-electron chi connectivity index (χ3n) is 4.38. The molecule has 1 saturated heterocycles. The lowest BCUT2D eigenvalue weighted by atomic mass is 9.99. The molecular weight excluding hydrogens is 368 g/mol. The molecule has 6 N–H and O–H groups in total. The second kappa shape index (κ2) is 8.59. The van der Waals surface area contributed by atoms with Gasteiger partial charge in [0.2, 0.25) is 6.29 Å². The molecule has 1 aliphatic heterocycles. The molecule has 5 atom stereocenters. The Kier molecular flexibility index (Phi) is 6.18. The molecule has 0 spiro atoms. The summed E-state index contributed by atoms with van der Waals surface area (Å²) < 4.78 is 10.8. The van der Waals surface area contributed by atoms with Crippen LogP contribution in [-0.2, 0) is 4.74 Å². The van der Waals surface area contributed by atoms with Crippen LogP contribution in [0.2, 0.25) is 0 Å². The standard InChI is InChI=1S/C20H22O8/c21-10-16-17(24)18(25)19(26)20(28-16)27-15-8-12(7-14(23)9-15)2-1-11-3-5-13(22)6-4-11/h1-9,16-26H,10H2/t16-,17+,18+,19+,20+/m0/s1. The predicted molar refractivity (Wildman–Crippen MR) is 99.5 cm³/mol. The minimum Gasteiger partial charge on any atom is -0.508 e. The first kappa shape index (κ1) is 20.1. The molecule has 0 bridgehead atoms. The smallest absolute Gasteiger partial charge is 0.229 e. The molecule has 0 saturated carbocycles. The van der Waals surface area contributed by atoms with Gasteiger partial charge in [-0.3, -0.25) is 0 Å². The van der Waals surface area contributed by atoms with E-state index in [2.05, 4.69) is 0 Å². The van der Waals surface area contributed by atoms with Gasteiger partial charge in [-0.1, -0.05) is 24.3 Å². The number of phenolic OH excluding ortho intramolecular Hbond substituents is 2. The third-order valence-corrected chi connectivity index (χ3v) is 4.38. The normalized spacial score (nSPS) is 27.8. The van der Waals surface area contributed by atoms with Gasteiger partial charge in [0.25, 0.3) is 0 Å². The van der Waals surface area contributed by atoms with Crippen LogP contribution < -0.4 is 4.74 Å². The summed E-state index contributed by atoms with van der Waals surface area (Å²) in [5.74, 6) is 0.229. The summed E-state index contributed by atoms with van der Waals surface area (Å²) in [5.41, 5.74) is 1.42. The topological polar surface area (TPSA) is 140 Å². The van der Waals surface area contributed by atoms with Crippen molar-refractivity contribution in [3.8, 4) is 17.2 Å². The van der Waals surface area contributed by atoms with Crippen molar-refractivity contribution in [3.05, 3.63) is 53.6 Å². The molecular formula is C20H22O8. The highest BCUT2D eigenvalue weighted by atomic mass is 16.7. The summed E-state index contributed by atoms with van der Waals surface area (Å²) in [5, 5.41) is 58.2. The molecule has 3 rings (SSSR count). The largest absolute Gasteiger partial charge is 0.508 e. The summed E-state index contributed by atoms with van der Waals surface area (Å²) >= 11 is 0. The number of hydrogen-bond donors (Lipinski definition) is 6. The Labute approximate surface area is 161 Å². The number of rotatable bonds is 5. The highest BCUT2D eigenvalue weighted by Gasteiger charge is 2.44. The first-order chi connectivity index (χ1) is 13.4. The highest BCUT2D eigenvalue weighted by Crippen LogP contribution is 2.28. The van der Waals surface area contributed by atoms with Crippen LogP contribution in [0.5, 0.6) is 17.2 Å². The molecule has 1 heterocycles. The molecule has 1 aliphatic rings. The average Bonchev–Trinajstić information content (AvgIpc) is 2.67. The lowest BCUT2D eigenvalue weighted by Crippen LogP contribution is -2.60. The molecule has 0 aliphatic carbocycles. The van der Waals surface area contributed by atoms with E-state index in [-0.39, 0.29) is 17.2 Å². The quantitative estimate of drug-likeness (QED) is 0.405. The first-order valence-electron chi connectivity index (χ1n) is 8.65. The summed E-state index contributed by atoms with van der Waals surface area (Å²) in [6, 6.07) is 10.9.